The molecule has 0 saturated heterocycles. The van der Waals surface area contributed by atoms with Crippen molar-refractivity contribution in [3.05, 3.63) is 0 Å². The first-order valence-electron chi connectivity index (χ1n) is 7.15. The highest BCUT2D eigenvalue weighted by molar-refractivity contribution is 4.99. The molecule has 0 bridgehead atoms. The number of hydrogen-bond acceptors (Lipinski definition) is 2. The van der Waals surface area contributed by atoms with Gasteiger partial charge in [-0.25, -0.2) is 0 Å². The highest BCUT2D eigenvalue weighted by Gasteiger charge is 2.49. The Morgan fingerprint density at radius 3 is 1.19 bits per heavy atom. The molecule has 3 rings (SSSR count). The molecule has 0 radical (unpaired) electrons. The van der Waals surface area contributed by atoms with E-state index in [2.05, 4.69) is 0 Å². The van der Waals surface area contributed by atoms with Crippen molar-refractivity contribution in [1.29, 1.82) is 0 Å². The van der Waals surface area contributed by atoms with Crippen molar-refractivity contribution in [2.24, 2.45) is 23.7 Å². The molecule has 0 aromatic heterocycles. The van der Waals surface area contributed by atoms with Gasteiger partial charge in [0.15, 0.2) is 0 Å². The Hall–Kier alpha value is -0.0800. The number of fused-ring (bicyclic) bond motifs is 3. The van der Waals surface area contributed by atoms with E-state index in [1.807, 2.05) is 0 Å². The smallest absolute Gasteiger partial charge is 0.0832 e. The average Bonchev–Trinajstić information content (AvgIpc) is 2.36. The molecular formula is C14H24O2. The summed E-state index contributed by atoms with van der Waals surface area (Å²) in [5.41, 5.74) is 0. The van der Waals surface area contributed by atoms with E-state index in [1.165, 1.54) is 38.5 Å². The predicted octanol–water partition coefficient (Wildman–Crippen LogP) is 2.33. The Bertz CT molecular complexity index is 227. The van der Waals surface area contributed by atoms with E-state index >= 15 is 0 Å². The van der Waals surface area contributed by atoms with Crippen LogP contribution in [0.25, 0.3) is 0 Å². The van der Waals surface area contributed by atoms with Crippen molar-refractivity contribution in [3.63, 3.8) is 0 Å². The SMILES string of the molecule is OC1C(O)[C@@H]2CCCC[C@@H]2[C@@H]2CCCC[C@H]12. The van der Waals surface area contributed by atoms with Gasteiger partial charge in [-0.3, -0.25) is 0 Å². The largest absolute Gasteiger partial charge is 0.390 e. The fourth-order valence-electron chi connectivity index (χ4n) is 4.79. The Morgan fingerprint density at radius 1 is 0.500 bits per heavy atom. The molecule has 0 aromatic carbocycles. The van der Waals surface area contributed by atoms with E-state index in [4.69, 9.17) is 0 Å². The van der Waals surface area contributed by atoms with Gasteiger partial charge in [-0.05, 0) is 49.4 Å². The third-order valence-corrected chi connectivity index (χ3v) is 5.53. The van der Waals surface area contributed by atoms with Gasteiger partial charge in [0.25, 0.3) is 0 Å². The molecule has 0 amide bonds. The van der Waals surface area contributed by atoms with Crippen molar-refractivity contribution < 1.29 is 10.2 Å². The molecule has 16 heavy (non-hydrogen) atoms. The maximum absolute atomic E-state index is 10.3. The minimum atomic E-state index is -0.426. The Labute approximate surface area is 98.1 Å². The van der Waals surface area contributed by atoms with Crippen LogP contribution in [0.3, 0.4) is 0 Å². The first kappa shape index (κ1) is 11.0. The van der Waals surface area contributed by atoms with Crippen molar-refractivity contribution in [1.82, 2.24) is 0 Å². The Balaban J connectivity index is 1.84. The summed E-state index contributed by atoms with van der Waals surface area (Å²) >= 11 is 0. The van der Waals surface area contributed by atoms with Crippen LogP contribution in [0, 0.1) is 23.7 Å². The normalized spacial score (nSPS) is 52.9. The maximum Gasteiger partial charge on any atom is 0.0832 e. The second-order valence-corrected chi connectivity index (χ2v) is 6.21. The summed E-state index contributed by atoms with van der Waals surface area (Å²) in [4.78, 5) is 0. The Morgan fingerprint density at radius 2 is 0.812 bits per heavy atom. The number of aliphatic hydroxyl groups is 2. The second kappa shape index (κ2) is 4.30. The maximum atomic E-state index is 10.3. The fourth-order valence-corrected chi connectivity index (χ4v) is 4.79. The third kappa shape index (κ3) is 1.62. The van der Waals surface area contributed by atoms with E-state index in [9.17, 15) is 10.2 Å². The summed E-state index contributed by atoms with van der Waals surface area (Å²) < 4.78 is 0. The van der Waals surface area contributed by atoms with Crippen LogP contribution < -0.4 is 0 Å². The van der Waals surface area contributed by atoms with Crippen LogP contribution in [0.5, 0.6) is 0 Å². The van der Waals surface area contributed by atoms with Crippen molar-refractivity contribution in [3.8, 4) is 0 Å². The molecule has 3 saturated carbocycles. The van der Waals surface area contributed by atoms with Gasteiger partial charge in [0.2, 0.25) is 0 Å². The van der Waals surface area contributed by atoms with E-state index in [0.717, 1.165) is 24.7 Å². The molecule has 2 nitrogen and oxygen atoms in total. The highest BCUT2D eigenvalue weighted by Crippen LogP contribution is 2.51. The van der Waals surface area contributed by atoms with E-state index in [-0.39, 0.29) is 0 Å². The highest BCUT2D eigenvalue weighted by atomic mass is 16.3. The molecule has 3 aliphatic carbocycles. The molecule has 0 heterocycles. The zero-order valence-corrected chi connectivity index (χ0v) is 10.0. The van der Waals surface area contributed by atoms with Gasteiger partial charge in [0, 0.05) is 0 Å². The lowest BCUT2D eigenvalue weighted by molar-refractivity contribution is -0.147. The number of aliphatic hydroxyl groups excluding tert-OH is 2. The summed E-state index contributed by atoms with van der Waals surface area (Å²) in [5, 5.41) is 20.5. The van der Waals surface area contributed by atoms with Crippen LogP contribution in [-0.4, -0.2) is 22.4 Å². The van der Waals surface area contributed by atoms with Gasteiger partial charge < -0.3 is 10.2 Å². The molecule has 0 aromatic rings. The van der Waals surface area contributed by atoms with E-state index in [1.54, 1.807) is 0 Å². The number of hydrogen-bond donors (Lipinski definition) is 2. The molecule has 6 atom stereocenters. The molecule has 3 aliphatic rings. The standard InChI is InChI=1S/C14H24O2/c15-13-11-7-3-1-5-9(11)10-6-2-4-8-12(10)14(13)16/h9-16H,1-8H2/t9-,10+,11-,12+,13?,14?. The lowest BCUT2D eigenvalue weighted by atomic mass is 9.56. The van der Waals surface area contributed by atoms with Crippen LogP contribution in [0.1, 0.15) is 51.4 Å². The number of rotatable bonds is 0. The molecule has 2 heteroatoms. The molecular weight excluding hydrogens is 200 g/mol. The zero-order chi connectivity index (χ0) is 11.1. The summed E-state index contributed by atoms with van der Waals surface area (Å²) in [6, 6.07) is 0. The molecule has 3 fully saturated rings. The van der Waals surface area contributed by atoms with E-state index < -0.39 is 12.2 Å². The average molecular weight is 224 g/mol. The van der Waals surface area contributed by atoms with E-state index in [0.29, 0.717) is 11.8 Å². The quantitative estimate of drug-likeness (QED) is 0.663. The summed E-state index contributed by atoms with van der Waals surface area (Å²) in [6.07, 6.45) is 9.23. The summed E-state index contributed by atoms with van der Waals surface area (Å²) in [7, 11) is 0. The monoisotopic (exact) mass is 224 g/mol. The zero-order valence-electron chi connectivity index (χ0n) is 10.0. The van der Waals surface area contributed by atoms with Crippen molar-refractivity contribution in [2.45, 2.75) is 63.6 Å². The van der Waals surface area contributed by atoms with Gasteiger partial charge in [0.1, 0.15) is 0 Å². The fraction of sp³-hybridized carbons (Fsp3) is 1.00. The van der Waals surface area contributed by atoms with Gasteiger partial charge in [-0.1, -0.05) is 25.7 Å². The van der Waals surface area contributed by atoms with Crippen LogP contribution in [0.4, 0.5) is 0 Å². The van der Waals surface area contributed by atoms with Crippen LogP contribution >= 0.6 is 0 Å². The van der Waals surface area contributed by atoms with Crippen molar-refractivity contribution >= 4 is 0 Å². The molecule has 2 unspecified atom stereocenters. The third-order valence-electron chi connectivity index (χ3n) is 5.53. The van der Waals surface area contributed by atoms with Crippen LogP contribution in [0.2, 0.25) is 0 Å². The van der Waals surface area contributed by atoms with Crippen LogP contribution in [0.15, 0.2) is 0 Å². The molecule has 0 aliphatic heterocycles. The lowest BCUT2D eigenvalue weighted by Crippen LogP contribution is -2.54. The minimum absolute atomic E-state index is 0.406. The van der Waals surface area contributed by atoms with Gasteiger partial charge in [-0.2, -0.15) is 0 Å². The summed E-state index contributed by atoms with van der Waals surface area (Å²) in [5.74, 6) is 2.25. The predicted molar refractivity (Wildman–Crippen MR) is 62.9 cm³/mol. The molecule has 92 valence electrons. The second-order valence-electron chi connectivity index (χ2n) is 6.21. The molecule has 2 N–H and O–H groups in total. The molecule has 0 spiro atoms. The minimum Gasteiger partial charge on any atom is -0.390 e. The topological polar surface area (TPSA) is 40.5 Å². The van der Waals surface area contributed by atoms with Gasteiger partial charge >= 0.3 is 0 Å². The van der Waals surface area contributed by atoms with Crippen molar-refractivity contribution in [2.75, 3.05) is 0 Å². The first-order chi connectivity index (χ1) is 7.79. The summed E-state index contributed by atoms with van der Waals surface area (Å²) in [6.45, 7) is 0. The Kier molecular flexibility index (Phi) is 2.97. The van der Waals surface area contributed by atoms with Crippen LogP contribution in [-0.2, 0) is 0 Å². The van der Waals surface area contributed by atoms with Gasteiger partial charge in [-0.15, -0.1) is 0 Å². The lowest BCUT2D eigenvalue weighted by Gasteiger charge is -2.52. The first-order valence-corrected chi connectivity index (χ1v) is 7.15. The van der Waals surface area contributed by atoms with Gasteiger partial charge in [0.05, 0.1) is 12.2 Å².